The third-order valence-corrected chi connectivity index (χ3v) is 3.95. The molecule has 0 aliphatic carbocycles. The Bertz CT molecular complexity index is 784. The number of nitrogens with zero attached hydrogens (tertiary/aromatic N) is 1. The third-order valence-electron chi connectivity index (χ3n) is 3.95. The topological polar surface area (TPSA) is 58.6 Å². The molecule has 2 amide bonds. The van der Waals surface area contributed by atoms with E-state index in [4.69, 9.17) is 4.74 Å². The highest BCUT2D eigenvalue weighted by atomic mass is 16.5. The maximum atomic E-state index is 12.6. The summed E-state index contributed by atoms with van der Waals surface area (Å²) in [5, 5.41) is 2.74. The van der Waals surface area contributed by atoms with Gasteiger partial charge < -0.3 is 15.0 Å². The smallest absolute Gasteiger partial charge is 0.268 e. The summed E-state index contributed by atoms with van der Waals surface area (Å²) >= 11 is 0. The lowest BCUT2D eigenvalue weighted by molar-refractivity contribution is -0.125. The molecule has 3 rings (SSSR count). The number of benzene rings is 2. The Morgan fingerprint density at radius 2 is 1.92 bits per heavy atom. The number of hydrogen-bond acceptors (Lipinski definition) is 3. The van der Waals surface area contributed by atoms with Crippen molar-refractivity contribution in [1.29, 1.82) is 0 Å². The van der Waals surface area contributed by atoms with Crippen LogP contribution in [0, 0.1) is 6.92 Å². The van der Waals surface area contributed by atoms with E-state index in [0.29, 0.717) is 23.7 Å². The molecular formula is C19H20N2O3. The number of amides is 2. The van der Waals surface area contributed by atoms with Crippen molar-refractivity contribution in [3.63, 3.8) is 0 Å². The van der Waals surface area contributed by atoms with E-state index in [2.05, 4.69) is 5.32 Å². The highest BCUT2D eigenvalue weighted by Gasteiger charge is 2.31. The zero-order chi connectivity index (χ0) is 17.3. The van der Waals surface area contributed by atoms with E-state index >= 15 is 0 Å². The molecule has 1 aliphatic rings. The second-order valence-corrected chi connectivity index (χ2v) is 6.03. The SMILES string of the molecule is CC(=O)Nc1ccc2c(c1)N(Cc1ccc(C)cc1)C(=O)C(C)O2. The van der Waals surface area contributed by atoms with E-state index in [1.54, 1.807) is 30.0 Å². The van der Waals surface area contributed by atoms with Crippen molar-refractivity contribution >= 4 is 23.2 Å². The van der Waals surface area contributed by atoms with Gasteiger partial charge in [-0.2, -0.15) is 0 Å². The van der Waals surface area contributed by atoms with Crippen molar-refractivity contribution in [1.82, 2.24) is 0 Å². The lowest BCUT2D eigenvalue weighted by atomic mass is 10.1. The Kier molecular flexibility index (Phi) is 4.25. The van der Waals surface area contributed by atoms with Crippen LogP contribution in [-0.2, 0) is 16.1 Å². The van der Waals surface area contributed by atoms with Crippen molar-refractivity contribution in [2.75, 3.05) is 10.2 Å². The van der Waals surface area contributed by atoms with Gasteiger partial charge in [-0.1, -0.05) is 29.8 Å². The van der Waals surface area contributed by atoms with Crippen LogP contribution in [0.15, 0.2) is 42.5 Å². The summed E-state index contributed by atoms with van der Waals surface area (Å²) in [6, 6.07) is 13.4. The van der Waals surface area contributed by atoms with Crippen LogP contribution in [0.3, 0.4) is 0 Å². The van der Waals surface area contributed by atoms with Gasteiger partial charge in [0.1, 0.15) is 5.75 Å². The summed E-state index contributed by atoms with van der Waals surface area (Å²) in [5.74, 6) is 0.392. The molecule has 0 saturated heterocycles. The van der Waals surface area contributed by atoms with Crippen LogP contribution < -0.4 is 15.0 Å². The highest BCUT2D eigenvalue weighted by molar-refractivity contribution is 6.01. The van der Waals surface area contributed by atoms with Crippen LogP contribution in [0.1, 0.15) is 25.0 Å². The van der Waals surface area contributed by atoms with Crippen molar-refractivity contribution in [3.8, 4) is 5.75 Å². The molecule has 2 aromatic carbocycles. The van der Waals surface area contributed by atoms with Gasteiger partial charge in [-0.25, -0.2) is 0 Å². The van der Waals surface area contributed by atoms with Crippen molar-refractivity contribution in [2.24, 2.45) is 0 Å². The number of anilines is 2. The second-order valence-electron chi connectivity index (χ2n) is 6.03. The fourth-order valence-electron chi connectivity index (χ4n) is 2.73. The quantitative estimate of drug-likeness (QED) is 0.943. The summed E-state index contributed by atoms with van der Waals surface area (Å²) in [4.78, 5) is 25.6. The number of aryl methyl sites for hydroxylation is 1. The molecule has 5 heteroatoms. The number of hydrogen-bond donors (Lipinski definition) is 1. The second kappa shape index (κ2) is 6.35. The van der Waals surface area contributed by atoms with Gasteiger partial charge in [-0.3, -0.25) is 9.59 Å². The number of fused-ring (bicyclic) bond motifs is 1. The number of rotatable bonds is 3. The molecule has 0 aromatic heterocycles. The number of carbonyl (C=O) groups excluding carboxylic acids is 2. The molecule has 1 atom stereocenters. The highest BCUT2D eigenvalue weighted by Crippen LogP contribution is 2.37. The third kappa shape index (κ3) is 3.25. The first-order valence-electron chi connectivity index (χ1n) is 7.89. The molecule has 0 radical (unpaired) electrons. The van der Waals surface area contributed by atoms with E-state index in [-0.39, 0.29) is 11.8 Å². The molecule has 5 nitrogen and oxygen atoms in total. The summed E-state index contributed by atoms with van der Waals surface area (Å²) in [5.41, 5.74) is 3.53. The Hall–Kier alpha value is -2.82. The van der Waals surface area contributed by atoms with E-state index in [0.717, 1.165) is 5.56 Å². The lowest BCUT2D eigenvalue weighted by Crippen LogP contribution is -2.44. The predicted molar refractivity (Wildman–Crippen MR) is 93.2 cm³/mol. The number of nitrogens with one attached hydrogen (secondary N) is 1. The maximum absolute atomic E-state index is 12.6. The first-order chi connectivity index (χ1) is 11.4. The maximum Gasteiger partial charge on any atom is 0.268 e. The minimum atomic E-state index is -0.533. The molecule has 2 aromatic rings. The minimum Gasteiger partial charge on any atom is -0.479 e. The zero-order valence-electron chi connectivity index (χ0n) is 14.0. The van der Waals surface area contributed by atoms with E-state index in [9.17, 15) is 9.59 Å². The summed E-state index contributed by atoms with van der Waals surface area (Å²) in [7, 11) is 0. The van der Waals surface area contributed by atoms with E-state index < -0.39 is 6.10 Å². The molecule has 0 fully saturated rings. The van der Waals surface area contributed by atoms with E-state index in [1.165, 1.54) is 12.5 Å². The van der Waals surface area contributed by atoms with Gasteiger partial charge in [0.25, 0.3) is 5.91 Å². The van der Waals surface area contributed by atoms with Gasteiger partial charge in [-0.05, 0) is 37.6 Å². The number of carbonyl (C=O) groups is 2. The minimum absolute atomic E-state index is 0.0944. The first-order valence-corrected chi connectivity index (χ1v) is 7.89. The van der Waals surface area contributed by atoms with Crippen LogP contribution in [0.4, 0.5) is 11.4 Å². The van der Waals surface area contributed by atoms with Crippen LogP contribution >= 0.6 is 0 Å². The molecule has 0 saturated carbocycles. The van der Waals surface area contributed by atoms with Crippen LogP contribution in [0.5, 0.6) is 5.75 Å². The lowest BCUT2D eigenvalue weighted by Gasteiger charge is -2.33. The van der Waals surface area contributed by atoms with Gasteiger partial charge in [0.05, 0.1) is 12.2 Å². The Morgan fingerprint density at radius 1 is 1.21 bits per heavy atom. The molecule has 1 aliphatic heterocycles. The molecule has 24 heavy (non-hydrogen) atoms. The van der Waals surface area contributed by atoms with Gasteiger partial charge in [0.15, 0.2) is 6.10 Å². The Labute approximate surface area is 141 Å². The fraction of sp³-hybridized carbons (Fsp3) is 0.263. The largest absolute Gasteiger partial charge is 0.479 e. The van der Waals surface area contributed by atoms with Crippen molar-refractivity contribution in [2.45, 2.75) is 33.4 Å². The fourth-order valence-corrected chi connectivity index (χ4v) is 2.73. The summed E-state index contributed by atoms with van der Waals surface area (Å²) in [6.07, 6.45) is -0.533. The van der Waals surface area contributed by atoms with E-state index in [1.807, 2.05) is 31.2 Å². The van der Waals surface area contributed by atoms with Crippen LogP contribution in [0.2, 0.25) is 0 Å². The molecule has 0 bridgehead atoms. The van der Waals surface area contributed by atoms with Crippen molar-refractivity contribution in [3.05, 3.63) is 53.6 Å². The molecule has 0 spiro atoms. The Morgan fingerprint density at radius 3 is 2.58 bits per heavy atom. The molecule has 124 valence electrons. The number of ether oxygens (including phenoxy) is 1. The molecule has 1 N–H and O–H groups in total. The van der Waals surface area contributed by atoms with Gasteiger partial charge in [-0.15, -0.1) is 0 Å². The van der Waals surface area contributed by atoms with Crippen molar-refractivity contribution < 1.29 is 14.3 Å². The molecule has 1 heterocycles. The average Bonchev–Trinajstić information content (AvgIpc) is 2.53. The monoisotopic (exact) mass is 324 g/mol. The Balaban J connectivity index is 1.96. The summed E-state index contributed by atoms with van der Waals surface area (Å²) in [6.45, 7) is 5.69. The summed E-state index contributed by atoms with van der Waals surface area (Å²) < 4.78 is 5.69. The molecule has 1 unspecified atom stereocenters. The predicted octanol–water partition coefficient (Wildman–Crippen LogP) is 3.27. The first kappa shape index (κ1) is 16.1. The van der Waals surface area contributed by atoms with Gasteiger partial charge in [0, 0.05) is 12.6 Å². The van der Waals surface area contributed by atoms with Crippen LogP contribution in [0.25, 0.3) is 0 Å². The zero-order valence-corrected chi connectivity index (χ0v) is 14.0. The molecular weight excluding hydrogens is 304 g/mol. The standard InChI is InChI=1S/C19H20N2O3/c1-12-4-6-15(7-5-12)11-21-17-10-16(20-14(3)22)8-9-18(17)24-13(2)19(21)23/h4-10,13H,11H2,1-3H3,(H,20,22). The van der Waals surface area contributed by atoms with Gasteiger partial charge >= 0.3 is 0 Å². The average molecular weight is 324 g/mol. The van der Waals surface area contributed by atoms with Gasteiger partial charge in [0.2, 0.25) is 5.91 Å². The van der Waals surface area contributed by atoms with Crippen LogP contribution in [-0.4, -0.2) is 17.9 Å². The normalized spacial score (nSPS) is 16.4.